The molecular weight excluding hydrogens is 270 g/mol. The fraction of sp³-hybridized carbons (Fsp3) is 0.400. The molecule has 1 aromatic carbocycles. The summed E-state index contributed by atoms with van der Waals surface area (Å²) in [4.78, 5) is 21.7. The molecule has 0 aromatic heterocycles. The molecule has 0 radical (unpaired) electrons. The van der Waals surface area contributed by atoms with Crippen LogP contribution in [0.25, 0.3) is 0 Å². The summed E-state index contributed by atoms with van der Waals surface area (Å²) in [6.45, 7) is 2.82. The molecule has 0 aliphatic rings. The quantitative estimate of drug-likeness (QED) is 0.349. The van der Waals surface area contributed by atoms with Gasteiger partial charge in [0.25, 0.3) is 11.6 Å². The number of unbranched alkanes of at least 4 members (excludes halogenated alkanes) is 2. The van der Waals surface area contributed by atoms with E-state index in [0.29, 0.717) is 18.8 Å². The van der Waals surface area contributed by atoms with Crippen molar-refractivity contribution in [1.82, 2.24) is 5.32 Å². The van der Waals surface area contributed by atoms with Crippen molar-refractivity contribution in [3.8, 4) is 11.8 Å². The summed E-state index contributed by atoms with van der Waals surface area (Å²) in [5.74, 6) is 4.98. The first-order chi connectivity index (χ1) is 10.1. The van der Waals surface area contributed by atoms with Crippen LogP contribution >= 0.6 is 0 Å². The van der Waals surface area contributed by atoms with Gasteiger partial charge in [0.15, 0.2) is 0 Å². The number of benzene rings is 1. The molecule has 0 spiro atoms. The Morgan fingerprint density at radius 2 is 2.10 bits per heavy atom. The number of hydrogen-bond acceptors (Lipinski definition) is 4. The largest absolute Gasteiger partial charge is 0.378 e. The van der Waals surface area contributed by atoms with Crippen molar-refractivity contribution in [1.29, 1.82) is 0 Å². The van der Waals surface area contributed by atoms with E-state index in [-0.39, 0.29) is 11.6 Å². The number of anilines is 1. The van der Waals surface area contributed by atoms with Crippen LogP contribution in [-0.2, 0) is 4.79 Å². The van der Waals surface area contributed by atoms with E-state index in [2.05, 4.69) is 29.4 Å². The van der Waals surface area contributed by atoms with Crippen LogP contribution < -0.4 is 10.6 Å². The first kappa shape index (κ1) is 16.5. The fourth-order valence-corrected chi connectivity index (χ4v) is 1.61. The molecule has 1 aromatic rings. The van der Waals surface area contributed by atoms with E-state index in [4.69, 9.17) is 0 Å². The summed E-state index contributed by atoms with van der Waals surface area (Å²) in [5.41, 5.74) is 0.453. The average molecular weight is 289 g/mol. The smallest absolute Gasteiger partial charge is 0.295 e. The summed E-state index contributed by atoms with van der Waals surface area (Å²) in [5, 5.41) is 16.4. The van der Waals surface area contributed by atoms with Crippen molar-refractivity contribution in [3.05, 3.63) is 34.4 Å². The Kier molecular flexibility index (Phi) is 7.36. The van der Waals surface area contributed by atoms with Crippen molar-refractivity contribution in [2.75, 3.05) is 18.4 Å². The van der Waals surface area contributed by atoms with Crippen LogP contribution in [0.15, 0.2) is 24.3 Å². The highest BCUT2D eigenvalue weighted by atomic mass is 16.6. The fourth-order valence-electron chi connectivity index (χ4n) is 1.61. The summed E-state index contributed by atoms with van der Waals surface area (Å²) in [6, 6.07) is 6.38. The molecule has 6 heteroatoms. The van der Waals surface area contributed by atoms with Crippen LogP contribution in [0.1, 0.15) is 26.2 Å². The van der Waals surface area contributed by atoms with Crippen molar-refractivity contribution in [2.45, 2.75) is 26.2 Å². The molecule has 0 heterocycles. The second-order valence-electron chi connectivity index (χ2n) is 4.36. The Morgan fingerprint density at radius 1 is 1.33 bits per heavy atom. The molecule has 0 bridgehead atoms. The maximum absolute atomic E-state index is 11.4. The van der Waals surface area contributed by atoms with E-state index < -0.39 is 4.92 Å². The van der Waals surface area contributed by atoms with Crippen LogP contribution in [-0.4, -0.2) is 23.9 Å². The SMILES string of the molecule is CCCCC#CC(=O)NCCNc1ccccc1[N+](=O)[O-]. The van der Waals surface area contributed by atoms with Gasteiger partial charge in [0.1, 0.15) is 5.69 Å². The Bertz CT molecular complexity index is 547. The van der Waals surface area contributed by atoms with Crippen LogP contribution in [0.2, 0.25) is 0 Å². The molecule has 21 heavy (non-hydrogen) atoms. The molecule has 112 valence electrons. The number of nitrogens with one attached hydrogen (secondary N) is 2. The second-order valence-corrected chi connectivity index (χ2v) is 4.36. The first-order valence-corrected chi connectivity index (χ1v) is 6.89. The zero-order chi connectivity index (χ0) is 15.5. The van der Waals surface area contributed by atoms with Crippen molar-refractivity contribution in [2.24, 2.45) is 0 Å². The Morgan fingerprint density at radius 3 is 2.81 bits per heavy atom. The van der Waals surface area contributed by atoms with Gasteiger partial charge in [0.2, 0.25) is 0 Å². The minimum absolute atomic E-state index is 0.0168. The maximum Gasteiger partial charge on any atom is 0.295 e. The van der Waals surface area contributed by atoms with Crippen LogP contribution in [0.4, 0.5) is 11.4 Å². The van der Waals surface area contributed by atoms with Gasteiger partial charge < -0.3 is 10.6 Å². The molecule has 0 aliphatic carbocycles. The van der Waals surface area contributed by atoms with Crippen LogP contribution in [0.3, 0.4) is 0 Å². The van der Waals surface area contributed by atoms with Gasteiger partial charge in [-0.05, 0) is 18.4 Å². The zero-order valence-corrected chi connectivity index (χ0v) is 12.0. The monoisotopic (exact) mass is 289 g/mol. The summed E-state index contributed by atoms with van der Waals surface area (Å²) in [6.07, 6.45) is 2.76. The predicted molar refractivity (Wildman–Crippen MR) is 81.9 cm³/mol. The van der Waals surface area contributed by atoms with E-state index in [0.717, 1.165) is 19.3 Å². The number of carbonyl (C=O) groups excluding carboxylic acids is 1. The van der Waals surface area contributed by atoms with Gasteiger partial charge in [0.05, 0.1) is 4.92 Å². The van der Waals surface area contributed by atoms with E-state index in [1.165, 1.54) is 6.07 Å². The normalized spacial score (nSPS) is 9.38. The number of carbonyl (C=O) groups is 1. The Labute approximate surface area is 124 Å². The molecule has 0 fully saturated rings. The van der Waals surface area contributed by atoms with Gasteiger partial charge in [-0.1, -0.05) is 31.4 Å². The maximum atomic E-state index is 11.4. The molecule has 0 atom stereocenters. The van der Waals surface area contributed by atoms with Gasteiger partial charge in [-0.15, -0.1) is 0 Å². The Hall–Kier alpha value is -2.55. The molecule has 0 saturated carbocycles. The molecule has 2 N–H and O–H groups in total. The van der Waals surface area contributed by atoms with E-state index in [1.807, 2.05) is 0 Å². The van der Waals surface area contributed by atoms with Gasteiger partial charge in [-0.3, -0.25) is 14.9 Å². The van der Waals surface area contributed by atoms with Crippen molar-refractivity contribution < 1.29 is 9.72 Å². The molecular formula is C15H19N3O3. The minimum Gasteiger partial charge on any atom is -0.378 e. The highest BCUT2D eigenvalue weighted by Crippen LogP contribution is 2.22. The number of para-hydroxylation sites is 2. The lowest BCUT2D eigenvalue weighted by molar-refractivity contribution is -0.384. The number of nitro benzene ring substituents is 1. The minimum atomic E-state index is -0.444. The van der Waals surface area contributed by atoms with Crippen LogP contribution in [0, 0.1) is 22.0 Å². The average Bonchev–Trinajstić information content (AvgIpc) is 2.48. The second kappa shape index (κ2) is 9.37. The molecule has 1 rings (SSSR count). The highest BCUT2D eigenvalue weighted by molar-refractivity contribution is 5.93. The third kappa shape index (κ3) is 6.43. The van der Waals surface area contributed by atoms with Crippen LogP contribution in [0.5, 0.6) is 0 Å². The molecule has 0 saturated heterocycles. The molecule has 6 nitrogen and oxygen atoms in total. The number of nitrogens with zero attached hydrogens (tertiary/aromatic N) is 1. The zero-order valence-electron chi connectivity index (χ0n) is 12.0. The lowest BCUT2D eigenvalue weighted by Crippen LogP contribution is -2.27. The molecule has 0 unspecified atom stereocenters. The van der Waals surface area contributed by atoms with Crippen molar-refractivity contribution in [3.63, 3.8) is 0 Å². The molecule has 0 aliphatic heterocycles. The van der Waals surface area contributed by atoms with E-state index >= 15 is 0 Å². The number of rotatable bonds is 7. The third-order valence-corrected chi connectivity index (χ3v) is 2.68. The van der Waals surface area contributed by atoms with E-state index in [1.54, 1.807) is 18.2 Å². The van der Waals surface area contributed by atoms with Gasteiger partial charge >= 0.3 is 0 Å². The third-order valence-electron chi connectivity index (χ3n) is 2.68. The van der Waals surface area contributed by atoms with Gasteiger partial charge in [-0.2, -0.15) is 0 Å². The molecule has 1 amide bonds. The number of nitro groups is 1. The van der Waals surface area contributed by atoms with Gasteiger partial charge in [-0.25, -0.2) is 0 Å². The van der Waals surface area contributed by atoms with Crippen molar-refractivity contribution >= 4 is 17.3 Å². The van der Waals surface area contributed by atoms with E-state index in [9.17, 15) is 14.9 Å². The summed E-state index contributed by atoms with van der Waals surface area (Å²) >= 11 is 0. The highest BCUT2D eigenvalue weighted by Gasteiger charge is 2.11. The summed E-state index contributed by atoms with van der Waals surface area (Å²) in [7, 11) is 0. The lowest BCUT2D eigenvalue weighted by atomic mass is 10.2. The van der Waals surface area contributed by atoms with Gasteiger partial charge in [0, 0.05) is 25.6 Å². The Balaban J connectivity index is 2.32. The predicted octanol–water partition coefficient (Wildman–Crippen LogP) is 2.32. The summed E-state index contributed by atoms with van der Waals surface area (Å²) < 4.78 is 0. The lowest BCUT2D eigenvalue weighted by Gasteiger charge is -2.06. The number of hydrogen-bond donors (Lipinski definition) is 2. The number of amides is 1. The standard InChI is InChI=1S/C15H19N3O3/c1-2-3-4-5-10-15(19)17-12-11-16-13-8-6-7-9-14(13)18(20)21/h6-9,16H,2-4,11-12H2,1H3,(H,17,19). The first-order valence-electron chi connectivity index (χ1n) is 6.89. The topological polar surface area (TPSA) is 84.3 Å².